The van der Waals surface area contributed by atoms with Gasteiger partial charge in [-0.1, -0.05) is 18.2 Å². The SMILES string of the molecule is O=C(NCCC1CN(c2ccccc2)CCO1)c1cnccn1. The van der Waals surface area contributed by atoms with Crippen molar-refractivity contribution in [3.63, 3.8) is 0 Å². The molecule has 1 aromatic heterocycles. The molecule has 2 aromatic rings. The standard InChI is InChI=1S/C17H20N4O2/c22-17(16-12-18-8-9-19-16)20-7-6-15-13-21(10-11-23-15)14-4-2-1-3-5-14/h1-5,8-9,12,15H,6-7,10-11,13H2,(H,20,22). The van der Waals surface area contributed by atoms with Gasteiger partial charge in [-0.3, -0.25) is 9.78 Å². The Bertz CT molecular complexity index is 621. The number of benzene rings is 1. The third-order valence-electron chi connectivity index (χ3n) is 3.81. The van der Waals surface area contributed by atoms with Crippen molar-refractivity contribution in [2.75, 3.05) is 31.1 Å². The molecule has 1 saturated heterocycles. The Morgan fingerprint density at radius 2 is 2.17 bits per heavy atom. The van der Waals surface area contributed by atoms with Crippen LogP contribution >= 0.6 is 0 Å². The molecule has 3 rings (SSSR count). The molecule has 6 heteroatoms. The smallest absolute Gasteiger partial charge is 0.271 e. The van der Waals surface area contributed by atoms with Crippen LogP contribution < -0.4 is 10.2 Å². The lowest BCUT2D eigenvalue weighted by molar-refractivity contribution is 0.0353. The maximum absolute atomic E-state index is 11.9. The van der Waals surface area contributed by atoms with Gasteiger partial charge in [-0.15, -0.1) is 0 Å². The summed E-state index contributed by atoms with van der Waals surface area (Å²) in [5.74, 6) is -0.200. The molecule has 0 radical (unpaired) electrons. The van der Waals surface area contributed by atoms with Crippen molar-refractivity contribution in [2.45, 2.75) is 12.5 Å². The minimum atomic E-state index is -0.200. The average molecular weight is 312 g/mol. The first-order chi connectivity index (χ1) is 11.3. The molecule has 1 amide bonds. The van der Waals surface area contributed by atoms with Crippen LogP contribution in [0.2, 0.25) is 0 Å². The van der Waals surface area contributed by atoms with Gasteiger partial charge in [0.2, 0.25) is 0 Å². The Labute approximate surface area is 135 Å². The van der Waals surface area contributed by atoms with Gasteiger partial charge >= 0.3 is 0 Å². The molecular weight excluding hydrogens is 292 g/mol. The first kappa shape index (κ1) is 15.4. The maximum atomic E-state index is 11.9. The third kappa shape index (κ3) is 4.26. The second kappa shape index (κ2) is 7.69. The number of aromatic nitrogens is 2. The van der Waals surface area contributed by atoms with Crippen molar-refractivity contribution >= 4 is 11.6 Å². The lowest BCUT2D eigenvalue weighted by Crippen LogP contribution is -2.43. The summed E-state index contributed by atoms with van der Waals surface area (Å²) in [4.78, 5) is 22.1. The lowest BCUT2D eigenvalue weighted by Gasteiger charge is -2.34. The summed E-state index contributed by atoms with van der Waals surface area (Å²) in [6, 6.07) is 10.3. The number of carbonyl (C=O) groups excluding carboxylic acids is 1. The first-order valence-electron chi connectivity index (χ1n) is 7.79. The van der Waals surface area contributed by atoms with Crippen LogP contribution in [0.4, 0.5) is 5.69 Å². The van der Waals surface area contributed by atoms with Crippen LogP contribution in [0, 0.1) is 0 Å². The van der Waals surface area contributed by atoms with Gasteiger partial charge in [0.05, 0.1) is 18.9 Å². The minimum absolute atomic E-state index is 0.117. The number of nitrogens with zero attached hydrogens (tertiary/aromatic N) is 3. The normalized spacial score (nSPS) is 17.7. The molecule has 1 fully saturated rings. The van der Waals surface area contributed by atoms with Crippen LogP contribution in [0.5, 0.6) is 0 Å². The molecule has 1 unspecified atom stereocenters. The number of carbonyl (C=O) groups is 1. The van der Waals surface area contributed by atoms with E-state index in [9.17, 15) is 4.79 Å². The van der Waals surface area contributed by atoms with Gasteiger partial charge in [0, 0.05) is 37.7 Å². The Morgan fingerprint density at radius 1 is 1.30 bits per heavy atom. The number of ether oxygens (including phenoxy) is 1. The predicted molar refractivity (Wildman–Crippen MR) is 87.4 cm³/mol. The Morgan fingerprint density at radius 3 is 2.96 bits per heavy atom. The Hall–Kier alpha value is -2.47. The maximum Gasteiger partial charge on any atom is 0.271 e. The number of anilines is 1. The van der Waals surface area contributed by atoms with Crippen LogP contribution in [-0.2, 0) is 4.74 Å². The fourth-order valence-corrected chi connectivity index (χ4v) is 2.62. The zero-order valence-electron chi connectivity index (χ0n) is 12.9. The van der Waals surface area contributed by atoms with E-state index >= 15 is 0 Å². The molecule has 23 heavy (non-hydrogen) atoms. The van der Waals surface area contributed by atoms with E-state index < -0.39 is 0 Å². The number of rotatable bonds is 5. The monoisotopic (exact) mass is 312 g/mol. The molecule has 6 nitrogen and oxygen atoms in total. The van der Waals surface area contributed by atoms with E-state index in [1.54, 1.807) is 6.20 Å². The van der Waals surface area contributed by atoms with E-state index in [0.717, 1.165) is 19.5 Å². The fraction of sp³-hybridized carbons (Fsp3) is 0.353. The van der Waals surface area contributed by atoms with Crippen molar-refractivity contribution in [3.05, 3.63) is 54.6 Å². The summed E-state index contributed by atoms with van der Waals surface area (Å²) in [6.45, 7) is 3.00. The minimum Gasteiger partial charge on any atom is -0.374 e. The van der Waals surface area contributed by atoms with Crippen molar-refractivity contribution in [1.82, 2.24) is 15.3 Å². The number of nitrogens with one attached hydrogen (secondary N) is 1. The van der Waals surface area contributed by atoms with Crippen LogP contribution in [0.25, 0.3) is 0 Å². The number of para-hydroxylation sites is 1. The summed E-state index contributed by atoms with van der Waals surface area (Å²) in [7, 11) is 0. The second-order valence-electron chi connectivity index (χ2n) is 5.41. The Balaban J connectivity index is 1.46. The van der Waals surface area contributed by atoms with Gasteiger partial charge in [-0.25, -0.2) is 4.98 Å². The molecule has 1 N–H and O–H groups in total. The molecule has 1 aliphatic heterocycles. The van der Waals surface area contributed by atoms with Gasteiger partial charge in [-0.2, -0.15) is 0 Å². The number of hydrogen-bond acceptors (Lipinski definition) is 5. The molecular formula is C17H20N4O2. The molecule has 1 aliphatic rings. The molecule has 120 valence electrons. The molecule has 0 bridgehead atoms. The molecule has 0 aliphatic carbocycles. The van der Waals surface area contributed by atoms with Gasteiger partial charge < -0.3 is 15.0 Å². The lowest BCUT2D eigenvalue weighted by atomic mass is 10.2. The molecule has 1 aromatic carbocycles. The van der Waals surface area contributed by atoms with E-state index in [1.165, 1.54) is 18.1 Å². The number of morpholine rings is 1. The van der Waals surface area contributed by atoms with Crippen LogP contribution in [0.15, 0.2) is 48.9 Å². The van der Waals surface area contributed by atoms with Crippen LogP contribution in [-0.4, -0.2) is 48.2 Å². The molecule has 1 atom stereocenters. The van der Waals surface area contributed by atoms with Crippen LogP contribution in [0.1, 0.15) is 16.9 Å². The van der Waals surface area contributed by atoms with Crippen molar-refractivity contribution in [2.24, 2.45) is 0 Å². The summed E-state index contributed by atoms with van der Waals surface area (Å²) in [5, 5.41) is 2.86. The number of amides is 1. The summed E-state index contributed by atoms with van der Waals surface area (Å²) in [5.41, 5.74) is 1.55. The van der Waals surface area contributed by atoms with E-state index in [2.05, 4.69) is 32.3 Å². The highest BCUT2D eigenvalue weighted by atomic mass is 16.5. The van der Waals surface area contributed by atoms with E-state index in [1.807, 2.05) is 18.2 Å². The third-order valence-corrected chi connectivity index (χ3v) is 3.81. The van der Waals surface area contributed by atoms with Crippen molar-refractivity contribution < 1.29 is 9.53 Å². The highest BCUT2D eigenvalue weighted by Gasteiger charge is 2.20. The summed E-state index contributed by atoms with van der Waals surface area (Å²) in [6.07, 6.45) is 5.41. The summed E-state index contributed by atoms with van der Waals surface area (Å²) < 4.78 is 5.80. The fourth-order valence-electron chi connectivity index (χ4n) is 2.62. The summed E-state index contributed by atoms with van der Waals surface area (Å²) >= 11 is 0. The van der Waals surface area contributed by atoms with E-state index in [0.29, 0.717) is 18.8 Å². The topological polar surface area (TPSA) is 67.4 Å². The predicted octanol–water partition coefficient (Wildman–Crippen LogP) is 1.50. The zero-order chi connectivity index (χ0) is 15.9. The average Bonchev–Trinajstić information content (AvgIpc) is 2.63. The van der Waals surface area contributed by atoms with E-state index in [-0.39, 0.29) is 12.0 Å². The second-order valence-corrected chi connectivity index (χ2v) is 5.41. The Kier molecular flexibility index (Phi) is 5.16. The van der Waals surface area contributed by atoms with Gasteiger partial charge in [0.25, 0.3) is 5.91 Å². The zero-order valence-corrected chi connectivity index (χ0v) is 12.9. The first-order valence-corrected chi connectivity index (χ1v) is 7.79. The van der Waals surface area contributed by atoms with Crippen LogP contribution in [0.3, 0.4) is 0 Å². The molecule has 2 heterocycles. The van der Waals surface area contributed by atoms with Gasteiger partial charge in [-0.05, 0) is 18.6 Å². The van der Waals surface area contributed by atoms with Gasteiger partial charge in [0.1, 0.15) is 5.69 Å². The number of hydrogen-bond donors (Lipinski definition) is 1. The van der Waals surface area contributed by atoms with Gasteiger partial charge in [0.15, 0.2) is 0 Å². The largest absolute Gasteiger partial charge is 0.374 e. The van der Waals surface area contributed by atoms with Crippen molar-refractivity contribution in [3.8, 4) is 0 Å². The highest BCUT2D eigenvalue weighted by Crippen LogP contribution is 2.18. The molecule has 0 saturated carbocycles. The molecule has 0 spiro atoms. The quantitative estimate of drug-likeness (QED) is 0.906. The highest BCUT2D eigenvalue weighted by molar-refractivity contribution is 5.91. The van der Waals surface area contributed by atoms with E-state index in [4.69, 9.17) is 4.74 Å². The van der Waals surface area contributed by atoms with Crippen molar-refractivity contribution in [1.29, 1.82) is 0 Å².